The summed E-state index contributed by atoms with van der Waals surface area (Å²) in [7, 11) is 5.68. The van der Waals surface area contributed by atoms with Crippen LogP contribution < -0.4 is 10.1 Å². The SMILES string of the molecule is C=CCCCN(C)C(=NCc1ccc(OC)cc1)NCc1nnc(C)n1C.I. The number of aryl methyl sites for hydroxylation is 1. The van der Waals surface area contributed by atoms with Gasteiger partial charge in [0.1, 0.15) is 11.6 Å². The van der Waals surface area contributed by atoms with Crippen LogP contribution in [0.25, 0.3) is 0 Å². The van der Waals surface area contributed by atoms with Crippen LogP contribution in [0.3, 0.4) is 0 Å². The van der Waals surface area contributed by atoms with Crippen molar-refractivity contribution in [1.82, 2.24) is 25.0 Å². The molecule has 1 aromatic carbocycles. The monoisotopic (exact) mass is 498 g/mol. The summed E-state index contributed by atoms with van der Waals surface area (Å²) in [4.78, 5) is 6.92. The van der Waals surface area contributed by atoms with Crippen molar-refractivity contribution in [2.24, 2.45) is 12.0 Å². The van der Waals surface area contributed by atoms with Gasteiger partial charge in [-0.3, -0.25) is 0 Å². The average molecular weight is 498 g/mol. The summed E-state index contributed by atoms with van der Waals surface area (Å²) in [6.07, 6.45) is 3.96. The zero-order valence-corrected chi connectivity index (χ0v) is 19.5. The van der Waals surface area contributed by atoms with Crippen LogP contribution in [0.5, 0.6) is 5.75 Å². The van der Waals surface area contributed by atoms with E-state index in [1.165, 1.54) is 0 Å². The maximum atomic E-state index is 5.21. The third kappa shape index (κ3) is 7.14. The summed E-state index contributed by atoms with van der Waals surface area (Å²) in [5, 5.41) is 11.7. The van der Waals surface area contributed by atoms with Crippen molar-refractivity contribution in [3.63, 3.8) is 0 Å². The number of unbranched alkanes of at least 4 members (excludes halogenated alkanes) is 1. The van der Waals surface area contributed by atoms with Crippen molar-refractivity contribution >= 4 is 29.9 Å². The van der Waals surface area contributed by atoms with Crippen molar-refractivity contribution in [2.75, 3.05) is 20.7 Å². The van der Waals surface area contributed by atoms with Crippen LogP contribution in [-0.2, 0) is 20.1 Å². The molecule has 1 N–H and O–H groups in total. The Morgan fingerprint density at radius 3 is 2.61 bits per heavy atom. The lowest BCUT2D eigenvalue weighted by Crippen LogP contribution is -2.39. The number of aromatic nitrogens is 3. The molecule has 0 saturated carbocycles. The van der Waals surface area contributed by atoms with Gasteiger partial charge in [0.2, 0.25) is 0 Å². The topological polar surface area (TPSA) is 67.6 Å². The van der Waals surface area contributed by atoms with Gasteiger partial charge in [0.25, 0.3) is 0 Å². The predicted octanol–water partition coefficient (Wildman–Crippen LogP) is 3.29. The first-order valence-electron chi connectivity index (χ1n) is 9.13. The van der Waals surface area contributed by atoms with Gasteiger partial charge in [-0.1, -0.05) is 18.2 Å². The number of nitrogens with one attached hydrogen (secondary N) is 1. The van der Waals surface area contributed by atoms with E-state index in [2.05, 4.69) is 27.0 Å². The molecule has 0 fully saturated rings. The van der Waals surface area contributed by atoms with E-state index in [1.807, 2.05) is 55.9 Å². The molecule has 0 atom stereocenters. The second kappa shape index (κ2) is 12.4. The number of methoxy groups -OCH3 is 1. The van der Waals surface area contributed by atoms with Gasteiger partial charge < -0.3 is 19.5 Å². The van der Waals surface area contributed by atoms with E-state index in [-0.39, 0.29) is 24.0 Å². The second-order valence-corrected chi connectivity index (χ2v) is 6.42. The van der Waals surface area contributed by atoms with Gasteiger partial charge in [-0.15, -0.1) is 40.8 Å². The molecule has 0 radical (unpaired) electrons. The average Bonchev–Trinajstić information content (AvgIpc) is 3.00. The molecule has 2 rings (SSSR count). The Labute approximate surface area is 184 Å². The molecule has 0 spiro atoms. The molecular formula is C20H31IN6O. The molecule has 0 unspecified atom stereocenters. The van der Waals surface area contributed by atoms with E-state index >= 15 is 0 Å². The summed E-state index contributed by atoms with van der Waals surface area (Å²) < 4.78 is 7.19. The van der Waals surface area contributed by atoms with E-state index in [0.717, 1.165) is 48.3 Å². The molecule has 0 aliphatic rings. The Balaban J connectivity index is 0.00000392. The van der Waals surface area contributed by atoms with Gasteiger partial charge in [0.05, 0.1) is 20.2 Å². The van der Waals surface area contributed by atoms with E-state index in [0.29, 0.717) is 13.1 Å². The number of nitrogens with zero attached hydrogens (tertiary/aromatic N) is 5. The Kier molecular flexibility index (Phi) is 10.6. The van der Waals surface area contributed by atoms with Crippen molar-refractivity contribution in [3.8, 4) is 5.75 Å². The van der Waals surface area contributed by atoms with Crippen molar-refractivity contribution in [2.45, 2.75) is 32.9 Å². The summed E-state index contributed by atoms with van der Waals surface area (Å²) in [5.74, 6) is 3.46. The summed E-state index contributed by atoms with van der Waals surface area (Å²) in [6.45, 7) is 7.80. The third-order valence-electron chi connectivity index (χ3n) is 4.42. The van der Waals surface area contributed by atoms with Gasteiger partial charge in [-0.25, -0.2) is 4.99 Å². The van der Waals surface area contributed by atoms with Gasteiger partial charge in [-0.2, -0.15) is 0 Å². The van der Waals surface area contributed by atoms with Crippen LogP contribution in [0.15, 0.2) is 41.9 Å². The second-order valence-electron chi connectivity index (χ2n) is 6.42. The Hall–Kier alpha value is -2.10. The highest BCUT2D eigenvalue weighted by molar-refractivity contribution is 14.0. The van der Waals surface area contributed by atoms with Crippen molar-refractivity contribution < 1.29 is 4.74 Å². The molecule has 154 valence electrons. The van der Waals surface area contributed by atoms with Gasteiger partial charge in [0.15, 0.2) is 11.8 Å². The maximum absolute atomic E-state index is 5.21. The third-order valence-corrected chi connectivity index (χ3v) is 4.42. The van der Waals surface area contributed by atoms with Crippen molar-refractivity contribution in [3.05, 3.63) is 54.1 Å². The van der Waals surface area contributed by atoms with Gasteiger partial charge >= 0.3 is 0 Å². The summed E-state index contributed by atoms with van der Waals surface area (Å²) in [5.41, 5.74) is 1.13. The first kappa shape index (κ1) is 23.9. The lowest BCUT2D eigenvalue weighted by molar-refractivity contribution is 0.414. The zero-order chi connectivity index (χ0) is 19.6. The predicted molar refractivity (Wildman–Crippen MR) is 124 cm³/mol. The molecule has 0 aliphatic carbocycles. The highest BCUT2D eigenvalue weighted by Gasteiger charge is 2.10. The largest absolute Gasteiger partial charge is 0.497 e. The highest BCUT2D eigenvalue weighted by Crippen LogP contribution is 2.12. The minimum atomic E-state index is 0. The smallest absolute Gasteiger partial charge is 0.194 e. The number of aliphatic imine (C=N–C) groups is 1. The number of benzene rings is 1. The fourth-order valence-electron chi connectivity index (χ4n) is 2.55. The normalized spacial score (nSPS) is 10.9. The number of hydrogen-bond donors (Lipinski definition) is 1. The molecule has 28 heavy (non-hydrogen) atoms. The van der Waals surface area contributed by atoms with Crippen molar-refractivity contribution in [1.29, 1.82) is 0 Å². The van der Waals surface area contributed by atoms with Crippen LogP contribution in [0, 0.1) is 6.92 Å². The molecule has 0 saturated heterocycles. The number of allylic oxidation sites excluding steroid dienone is 1. The van der Waals surface area contributed by atoms with E-state index in [1.54, 1.807) is 7.11 Å². The lowest BCUT2D eigenvalue weighted by Gasteiger charge is -2.22. The number of halogens is 1. The van der Waals surface area contributed by atoms with Gasteiger partial charge in [-0.05, 0) is 37.5 Å². The highest BCUT2D eigenvalue weighted by atomic mass is 127. The zero-order valence-electron chi connectivity index (χ0n) is 17.2. The minimum absolute atomic E-state index is 0. The van der Waals surface area contributed by atoms with Crippen LogP contribution in [-0.4, -0.2) is 46.3 Å². The van der Waals surface area contributed by atoms with E-state index < -0.39 is 0 Å². The maximum Gasteiger partial charge on any atom is 0.194 e. The number of ether oxygens (including phenoxy) is 1. The van der Waals surface area contributed by atoms with E-state index in [9.17, 15) is 0 Å². The Morgan fingerprint density at radius 2 is 2.04 bits per heavy atom. The molecule has 8 heteroatoms. The Bertz CT molecular complexity index is 757. The lowest BCUT2D eigenvalue weighted by atomic mass is 10.2. The van der Waals surface area contributed by atoms with Gasteiger partial charge in [0, 0.05) is 20.6 Å². The standard InChI is InChI=1S/C20H30N6O.HI/c1-6-7-8-13-25(3)20(22-15-19-24-23-16(2)26(19)4)21-14-17-9-11-18(27-5)12-10-17;/h6,9-12H,1,7-8,13-15H2,2-5H3,(H,21,22);1H. The molecule has 1 aromatic heterocycles. The molecule has 0 bridgehead atoms. The fourth-order valence-corrected chi connectivity index (χ4v) is 2.55. The molecule has 2 aromatic rings. The molecular weight excluding hydrogens is 467 g/mol. The quantitative estimate of drug-likeness (QED) is 0.189. The first-order chi connectivity index (χ1) is 13.0. The van der Waals surface area contributed by atoms with Crippen LogP contribution in [0.2, 0.25) is 0 Å². The fraction of sp³-hybridized carbons (Fsp3) is 0.450. The number of guanidine groups is 1. The van der Waals surface area contributed by atoms with Crippen LogP contribution >= 0.6 is 24.0 Å². The van der Waals surface area contributed by atoms with Crippen LogP contribution in [0.1, 0.15) is 30.1 Å². The molecule has 0 amide bonds. The van der Waals surface area contributed by atoms with Crippen LogP contribution in [0.4, 0.5) is 0 Å². The summed E-state index contributed by atoms with van der Waals surface area (Å²) in [6, 6.07) is 7.97. The molecule has 1 heterocycles. The minimum Gasteiger partial charge on any atom is -0.497 e. The Morgan fingerprint density at radius 1 is 1.32 bits per heavy atom. The first-order valence-corrected chi connectivity index (χ1v) is 9.13. The van der Waals surface area contributed by atoms with E-state index in [4.69, 9.17) is 9.73 Å². The molecule has 0 aliphatic heterocycles. The number of hydrogen-bond acceptors (Lipinski definition) is 4. The number of rotatable bonds is 9. The summed E-state index contributed by atoms with van der Waals surface area (Å²) >= 11 is 0. The molecule has 7 nitrogen and oxygen atoms in total.